The highest BCUT2D eigenvalue weighted by Crippen LogP contribution is 2.38. The second-order valence-electron chi connectivity index (χ2n) is 6.73. The number of aromatic nitrogens is 1. The van der Waals surface area contributed by atoms with E-state index in [-0.39, 0.29) is 0 Å². The molecule has 1 aromatic rings. The normalized spacial score (nSPS) is 25.4. The number of rotatable bonds is 4. The maximum Gasteiger partial charge on any atom is 0.129 e. The van der Waals surface area contributed by atoms with Crippen LogP contribution in [0.1, 0.15) is 51.6 Å². The molecule has 1 aliphatic carbocycles. The van der Waals surface area contributed by atoms with E-state index in [0.29, 0.717) is 12.1 Å². The van der Waals surface area contributed by atoms with Crippen LogP contribution >= 0.6 is 11.6 Å². The largest absolute Gasteiger partial charge is 0.353 e. The van der Waals surface area contributed by atoms with Gasteiger partial charge in [0.15, 0.2) is 0 Å². The Morgan fingerprint density at radius 1 is 1.29 bits per heavy atom. The Bertz CT molecular complexity index is 489. The molecule has 0 radical (unpaired) electrons. The van der Waals surface area contributed by atoms with Gasteiger partial charge in [-0.2, -0.15) is 0 Å². The molecule has 2 heterocycles. The lowest BCUT2D eigenvalue weighted by molar-refractivity contribution is 0.341. The first-order valence-corrected chi connectivity index (χ1v) is 8.68. The molecule has 0 bridgehead atoms. The summed E-state index contributed by atoms with van der Waals surface area (Å²) in [4.78, 5) is 7.38. The molecule has 1 N–H and O–H groups in total. The zero-order valence-corrected chi connectivity index (χ0v) is 13.9. The van der Waals surface area contributed by atoms with Crippen LogP contribution in [0.15, 0.2) is 12.1 Å². The third kappa shape index (κ3) is 3.35. The number of hydrogen-bond acceptors (Lipinski definition) is 3. The van der Waals surface area contributed by atoms with E-state index in [9.17, 15) is 0 Å². The number of pyridine rings is 1. The molecule has 0 amide bonds. The Hall–Kier alpha value is -0.800. The van der Waals surface area contributed by atoms with Gasteiger partial charge in [-0.15, -0.1) is 0 Å². The molecule has 3 nitrogen and oxygen atoms in total. The predicted octanol–water partition coefficient (Wildman–Crippen LogP) is 4.00. The summed E-state index contributed by atoms with van der Waals surface area (Å²) in [6, 6.07) is 5.26. The lowest BCUT2D eigenvalue weighted by atomic mass is 9.85. The molecule has 3 rings (SSSR count). The summed E-state index contributed by atoms with van der Waals surface area (Å²) >= 11 is 6.30. The Morgan fingerprint density at radius 2 is 2.10 bits per heavy atom. The van der Waals surface area contributed by atoms with E-state index in [1.54, 1.807) is 0 Å². The lowest BCUT2D eigenvalue weighted by Crippen LogP contribution is -2.35. The summed E-state index contributed by atoms with van der Waals surface area (Å²) in [5.74, 6) is 2.00. The van der Waals surface area contributed by atoms with Crippen molar-refractivity contribution in [2.45, 2.75) is 64.6 Å². The van der Waals surface area contributed by atoms with E-state index in [2.05, 4.69) is 30.1 Å². The summed E-state index contributed by atoms with van der Waals surface area (Å²) in [5, 5.41) is 4.18. The van der Waals surface area contributed by atoms with Gasteiger partial charge in [-0.05, 0) is 37.3 Å². The molecule has 2 unspecified atom stereocenters. The van der Waals surface area contributed by atoms with Crippen LogP contribution in [0.2, 0.25) is 5.02 Å². The highest BCUT2D eigenvalue weighted by Gasteiger charge is 2.36. The van der Waals surface area contributed by atoms with Crippen LogP contribution < -0.4 is 10.2 Å². The van der Waals surface area contributed by atoms with Crippen LogP contribution in [0.25, 0.3) is 0 Å². The van der Waals surface area contributed by atoms with Crippen molar-refractivity contribution in [3.63, 3.8) is 0 Å². The van der Waals surface area contributed by atoms with Crippen LogP contribution in [0.5, 0.6) is 0 Å². The Morgan fingerprint density at radius 3 is 2.90 bits per heavy atom. The van der Waals surface area contributed by atoms with Crippen molar-refractivity contribution in [3.05, 3.63) is 22.8 Å². The summed E-state index contributed by atoms with van der Waals surface area (Å²) in [5.41, 5.74) is 0.974. The molecule has 1 aliphatic heterocycles. The van der Waals surface area contributed by atoms with E-state index in [0.717, 1.165) is 35.5 Å². The zero-order valence-electron chi connectivity index (χ0n) is 13.1. The van der Waals surface area contributed by atoms with E-state index >= 15 is 0 Å². The second kappa shape index (κ2) is 6.53. The fourth-order valence-electron chi connectivity index (χ4n) is 3.75. The van der Waals surface area contributed by atoms with Gasteiger partial charge >= 0.3 is 0 Å². The third-order valence-corrected chi connectivity index (χ3v) is 5.23. The fourth-order valence-corrected chi connectivity index (χ4v) is 3.92. The highest BCUT2D eigenvalue weighted by molar-refractivity contribution is 6.31. The van der Waals surface area contributed by atoms with Gasteiger partial charge in [0.25, 0.3) is 0 Å². The molecule has 2 aliphatic rings. The molecule has 1 saturated heterocycles. The number of fused-ring (bicyclic) bond motifs is 1. The molecule has 0 aromatic carbocycles. The fraction of sp³-hybridized carbons (Fsp3) is 0.706. The summed E-state index contributed by atoms with van der Waals surface area (Å²) in [6.45, 7) is 6.18. The van der Waals surface area contributed by atoms with Gasteiger partial charge in [-0.1, -0.05) is 38.3 Å². The van der Waals surface area contributed by atoms with Crippen LogP contribution in [0, 0.1) is 5.92 Å². The van der Waals surface area contributed by atoms with E-state index in [1.807, 2.05) is 6.07 Å². The maximum atomic E-state index is 6.30. The van der Waals surface area contributed by atoms with Crippen LogP contribution in [-0.4, -0.2) is 23.6 Å². The minimum atomic E-state index is 0.445. The van der Waals surface area contributed by atoms with Crippen molar-refractivity contribution in [1.29, 1.82) is 0 Å². The van der Waals surface area contributed by atoms with Crippen LogP contribution in [-0.2, 0) is 6.54 Å². The number of halogens is 1. The predicted molar refractivity (Wildman–Crippen MR) is 88.9 cm³/mol. The Labute approximate surface area is 133 Å². The van der Waals surface area contributed by atoms with Gasteiger partial charge in [-0.3, -0.25) is 0 Å². The monoisotopic (exact) mass is 307 g/mol. The number of anilines is 1. The molecule has 2 atom stereocenters. The second-order valence-corrected chi connectivity index (χ2v) is 7.13. The smallest absolute Gasteiger partial charge is 0.129 e. The van der Waals surface area contributed by atoms with E-state index in [4.69, 9.17) is 16.6 Å². The quantitative estimate of drug-likeness (QED) is 0.911. The Balaban J connectivity index is 1.77. The first kappa shape index (κ1) is 15.1. The maximum absolute atomic E-state index is 6.30. The average molecular weight is 308 g/mol. The number of nitrogens with zero attached hydrogens (tertiary/aromatic N) is 2. The van der Waals surface area contributed by atoms with Crippen molar-refractivity contribution in [2.24, 2.45) is 5.92 Å². The minimum absolute atomic E-state index is 0.445. The van der Waals surface area contributed by atoms with Crippen molar-refractivity contribution in [3.8, 4) is 0 Å². The zero-order chi connectivity index (χ0) is 14.8. The average Bonchev–Trinajstić information content (AvgIpc) is 2.90. The molecular weight excluding hydrogens is 282 g/mol. The van der Waals surface area contributed by atoms with Crippen molar-refractivity contribution < 1.29 is 0 Å². The van der Waals surface area contributed by atoms with Gasteiger partial charge < -0.3 is 10.2 Å². The number of nitrogens with one attached hydrogen (secondary N) is 1. The van der Waals surface area contributed by atoms with Crippen LogP contribution in [0.3, 0.4) is 0 Å². The van der Waals surface area contributed by atoms with Crippen molar-refractivity contribution in [1.82, 2.24) is 10.3 Å². The topological polar surface area (TPSA) is 28.2 Å². The molecule has 21 heavy (non-hydrogen) atoms. The highest BCUT2D eigenvalue weighted by atomic mass is 35.5. The van der Waals surface area contributed by atoms with E-state index in [1.165, 1.54) is 32.1 Å². The summed E-state index contributed by atoms with van der Waals surface area (Å²) < 4.78 is 0. The van der Waals surface area contributed by atoms with Gasteiger partial charge in [-0.25, -0.2) is 4.98 Å². The van der Waals surface area contributed by atoms with E-state index < -0.39 is 0 Å². The SMILES string of the molecule is CC(C)NCc1nc(N2CCC3CCCCC32)ccc1Cl. The first-order valence-electron chi connectivity index (χ1n) is 8.30. The minimum Gasteiger partial charge on any atom is -0.353 e. The molecule has 1 aromatic heterocycles. The first-order chi connectivity index (χ1) is 10.1. The van der Waals surface area contributed by atoms with Gasteiger partial charge in [0, 0.05) is 25.2 Å². The lowest BCUT2D eigenvalue weighted by Gasteiger charge is -2.32. The van der Waals surface area contributed by atoms with Gasteiger partial charge in [0.2, 0.25) is 0 Å². The third-order valence-electron chi connectivity index (χ3n) is 4.89. The summed E-state index contributed by atoms with van der Waals surface area (Å²) in [7, 11) is 0. The molecule has 116 valence electrons. The van der Waals surface area contributed by atoms with Crippen molar-refractivity contribution >= 4 is 17.4 Å². The Kier molecular flexibility index (Phi) is 4.70. The van der Waals surface area contributed by atoms with Crippen LogP contribution in [0.4, 0.5) is 5.82 Å². The molecule has 2 fully saturated rings. The molecular formula is C17H26ClN3. The standard InChI is InChI=1S/C17H26ClN3/c1-12(2)19-11-15-14(18)7-8-17(20-15)21-10-9-13-5-3-4-6-16(13)21/h7-8,12-13,16,19H,3-6,9-11H2,1-2H3. The molecule has 4 heteroatoms. The molecule has 1 saturated carbocycles. The van der Waals surface area contributed by atoms with Crippen molar-refractivity contribution in [2.75, 3.05) is 11.4 Å². The van der Waals surface area contributed by atoms with Gasteiger partial charge in [0.05, 0.1) is 10.7 Å². The summed E-state index contributed by atoms with van der Waals surface area (Å²) in [6.07, 6.45) is 6.83. The molecule has 0 spiro atoms. The van der Waals surface area contributed by atoms with Gasteiger partial charge in [0.1, 0.15) is 5.82 Å². The number of hydrogen-bond donors (Lipinski definition) is 1.